The van der Waals surface area contributed by atoms with Crippen LogP contribution >= 0.6 is 0 Å². The molecule has 1 saturated heterocycles. The third kappa shape index (κ3) is 7.18. The molecule has 1 heterocycles. The molecule has 200 valence electrons. The first-order valence-electron chi connectivity index (χ1n) is 13.2. The Kier molecular flexibility index (Phi) is 9.00. The molecule has 0 aromatic heterocycles. The molecule has 1 unspecified atom stereocenters. The standard InChI is InChI=1S/C28H38N4O4S/c1-3-31(15-4-5-16-32-17-14-29-13-12-27(32)33)25-19-22-6-9-24(18-23(22)20-25)30-28(34)21-7-10-26(11-8-21)37(2,35)36/h6-11,18,25,29H,3-5,12-17,19-20H2,1-2H3,(H,30,34). The Morgan fingerprint density at radius 3 is 2.57 bits per heavy atom. The minimum Gasteiger partial charge on any atom is -0.341 e. The predicted molar refractivity (Wildman–Crippen MR) is 146 cm³/mol. The largest absolute Gasteiger partial charge is 0.341 e. The summed E-state index contributed by atoms with van der Waals surface area (Å²) in [5.74, 6) is 0.000749. The van der Waals surface area contributed by atoms with E-state index in [0.717, 1.165) is 76.9 Å². The molecule has 2 amide bonds. The van der Waals surface area contributed by atoms with Crippen LogP contribution in [0.5, 0.6) is 0 Å². The van der Waals surface area contributed by atoms with E-state index < -0.39 is 9.84 Å². The van der Waals surface area contributed by atoms with Gasteiger partial charge in [0.2, 0.25) is 5.91 Å². The molecule has 0 bridgehead atoms. The Bertz CT molecular complexity index is 1210. The summed E-state index contributed by atoms with van der Waals surface area (Å²) in [7, 11) is -3.30. The van der Waals surface area contributed by atoms with E-state index in [1.165, 1.54) is 35.4 Å². The Labute approximate surface area is 220 Å². The van der Waals surface area contributed by atoms with Gasteiger partial charge < -0.3 is 15.5 Å². The summed E-state index contributed by atoms with van der Waals surface area (Å²) in [6.45, 7) is 7.51. The fourth-order valence-corrected chi connectivity index (χ4v) is 5.89. The number of rotatable bonds is 10. The quantitative estimate of drug-likeness (QED) is 0.462. The number of unbranched alkanes of at least 4 members (excludes halogenated alkanes) is 1. The first-order chi connectivity index (χ1) is 17.7. The van der Waals surface area contributed by atoms with Gasteiger partial charge in [0.05, 0.1) is 4.90 Å². The smallest absolute Gasteiger partial charge is 0.255 e. The van der Waals surface area contributed by atoms with Gasteiger partial charge in [0, 0.05) is 56.1 Å². The maximum atomic E-state index is 12.7. The molecule has 2 aromatic rings. The summed E-state index contributed by atoms with van der Waals surface area (Å²) >= 11 is 0. The zero-order valence-corrected chi connectivity index (χ0v) is 22.6. The van der Waals surface area contributed by atoms with E-state index in [1.807, 2.05) is 11.0 Å². The molecule has 0 saturated carbocycles. The molecule has 2 aromatic carbocycles. The highest BCUT2D eigenvalue weighted by atomic mass is 32.2. The van der Waals surface area contributed by atoms with Crippen molar-refractivity contribution in [3.05, 3.63) is 59.2 Å². The van der Waals surface area contributed by atoms with Crippen LogP contribution in [0.15, 0.2) is 47.4 Å². The average molecular weight is 527 g/mol. The topological polar surface area (TPSA) is 98.8 Å². The van der Waals surface area contributed by atoms with Crippen molar-refractivity contribution in [1.82, 2.24) is 15.1 Å². The molecule has 1 aliphatic carbocycles. The third-order valence-electron chi connectivity index (χ3n) is 7.39. The Morgan fingerprint density at radius 2 is 1.84 bits per heavy atom. The maximum absolute atomic E-state index is 12.7. The molecule has 9 heteroatoms. The molecule has 0 radical (unpaired) electrons. The van der Waals surface area contributed by atoms with Crippen molar-refractivity contribution in [3.8, 4) is 0 Å². The number of fused-ring (bicyclic) bond motifs is 1. The van der Waals surface area contributed by atoms with Crippen molar-refractivity contribution in [3.63, 3.8) is 0 Å². The van der Waals surface area contributed by atoms with Crippen LogP contribution in [0.4, 0.5) is 5.69 Å². The summed E-state index contributed by atoms with van der Waals surface area (Å²) < 4.78 is 23.3. The second-order valence-electron chi connectivity index (χ2n) is 10.0. The molecular weight excluding hydrogens is 488 g/mol. The highest BCUT2D eigenvalue weighted by molar-refractivity contribution is 7.90. The Hall–Kier alpha value is -2.75. The number of nitrogens with zero attached hydrogens (tertiary/aromatic N) is 2. The number of likely N-dealkylation sites (N-methyl/N-ethyl adjacent to an activating group) is 1. The number of anilines is 1. The first kappa shape index (κ1) is 27.3. The third-order valence-corrected chi connectivity index (χ3v) is 8.52. The van der Waals surface area contributed by atoms with Gasteiger partial charge in [0.15, 0.2) is 9.84 Å². The van der Waals surface area contributed by atoms with Crippen molar-refractivity contribution in [1.29, 1.82) is 0 Å². The fraction of sp³-hybridized carbons (Fsp3) is 0.500. The summed E-state index contributed by atoms with van der Waals surface area (Å²) in [4.78, 5) is 29.6. The molecule has 1 fully saturated rings. The molecule has 1 aliphatic heterocycles. The number of carbonyl (C=O) groups is 2. The summed E-state index contributed by atoms with van der Waals surface area (Å²) in [5.41, 5.74) is 3.75. The summed E-state index contributed by atoms with van der Waals surface area (Å²) in [6.07, 6.45) is 5.78. The van der Waals surface area contributed by atoms with Crippen molar-refractivity contribution in [2.24, 2.45) is 0 Å². The lowest BCUT2D eigenvalue weighted by Crippen LogP contribution is -2.37. The second-order valence-corrected chi connectivity index (χ2v) is 12.0. The molecule has 2 aliphatic rings. The minimum atomic E-state index is -3.30. The van der Waals surface area contributed by atoms with E-state index in [1.54, 1.807) is 0 Å². The Balaban J connectivity index is 1.28. The normalized spacial score (nSPS) is 18.1. The van der Waals surface area contributed by atoms with Crippen LogP contribution in [0.3, 0.4) is 0 Å². The van der Waals surface area contributed by atoms with Crippen molar-refractivity contribution in [2.45, 2.75) is 50.0 Å². The minimum absolute atomic E-state index is 0.195. The van der Waals surface area contributed by atoms with E-state index in [4.69, 9.17) is 0 Å². The number of carbonyl (C=O) groups excluding carboxylic acids is 2. The van der Waals surface area contributed by atoms with Gasteiger partial charge in [0.25, 0.3) is 5.91 Å². The van der Waals surface area contributed by atoms with Gasteiger partial charge in [-0.2, -0.15) is 0 Å². The van der Waals surface area contributed by atoms with Crippen LogP contribution in [0.2, 0.25) is 0 Å². The van der Waals surface area contributed by atoms with Crippen LogP contribution < -0.4 is 10.6 Å². The number of hydrogen-bond donors (Lipinski definition) is 2. The number of amides is 2. The number of sulfone groups is 1. The number of benzene rings is 2. The van der Waals surface area contributed by atoms with Gasteiger partial charge in [-0.05, 0) is 86.3 Å². The second kappa shape index (κ2) is 12.2. The van der Waals surface area contributed by atoms with Crippen LogP contribution in [0, 0.1) is 0 Å². The number of nitrogens with one attached hydrogen (secondary N) is 2. The van der Waals surface area contributed by atoms with E-state index in [-0.39, 0.29) is 16.7 Å². The van der Waals surface area contributed by atoms with Crippen LogP contribution in [-0.4, -0.2) is 81.6 Å². The van der Waals surface area contributed by atoms with E-state index in [2.05, 4.69) is 34.6 Å². The molecular formula is C28H38N4O4S. The fourth-order valence-electron chi connectivity index (χ4n) is 5.26. The van der Waals surface area contributed by atoms with Crippen LogP contribution in [0.1, 0.15) is 47.7 Å². The van der Waals surface area contributed by atoms with Gasteiger partial charge in [-0.15, -0.1) is 0 Å². The monoisotopic (exact) mass is 526 g/mol. The zero-order valence-electron chi connectivity index (χ0n) is 21.8. The van der Waals surface area contributed by atoms with E-state index in [0.29, 0.717) is 18.0 Å². The highest BCUT2D eigenvalue weighted by Gasteiger charge is 2.26. The van der Waals surface area contributed by atoms with E-state index in [9.17, 15) is 18.0 Å². The lowest BCUT2D eigenvalue weighted by Gasteiger charge is -2.28. The Morgan fingerprint density at radius 1 is 1.08 bits per heavy atom. The van der Waals surface area contributed by atoms with Crippen molar-refractivity contribution >= 4 is 27.3 Å². The lowest BCUT2D eigenvalue weighted by molar-refractivity contribution is -0.130. The van der Waals surface area contributed by atoms with Gasteiger partial charge in [0.1, 0.15) is 0 Å². The van der Waals surface area contributed by atoms with E-state index >= 15 is 0 Å². The van der Waals surface area contributed by atoms with Gasteiger partial charge in [-0.3, -0.25) is 14.5 Å². The SMILES string of the molecule is CCN(CCCCN1CCNCCC1=O)C1Cc2ccc(NC(=O)c3ccc(S(C)(=O)=O)cc3)cc2C1. The van der Waals surface area contributed by atoms with Crippen LogP contribution in [-0.2, 0) is 27.5 Å². The van der Waals surface area contributed by atoms with Crippen molar-refractivity contribution in [2.75, 3.05) is 50.8 Å². The predicted octanol–water partition coefficient (Wildman–Crippen LogP) is 2.73. The molecule has 37 heavy (non-hydrogen) atoms. The molecule has 4 rings (SSSR count). The highest BCUT2D eigenvalue weighted by Crippen LogP contribution is 2.29. The first-order valence-corrected chi connectivity index (χ1v) is 15.1. The average Bonchev–Trinajstić information content (AvgIpc) is 3.18. The summed E-state index contributed by atoms with van der Waals surface area (Å²) in [6, 6.07) is 12.5. The maximum Gasteiger partial charge on any atom is 0.255 e. The molecule has 2 N–H and O–H groups in total. The molecule has 0 spiro atoms. The number of hydrogen-bond acceptors (Lipinski definition) is 6. The zero-order chi connectivity index (χ0) is 26.4. The van der Waals surface area contributed by atoms with Crippen molar-refractivity contribution < 1.29 is 18.0 Å². The molecule has 8 nitrogen and oxygen atoms in total. The van der Waals surface area contributed by atoms with Gasteiger partial charge in [-0.1, -0.05) is 13.0 Å². The van der Waals surface area contributed by atoms with Gasteiger partial charge >= 0.3 is 0 Å². The van der Waals surface area contributed by atoms with Gasteiger partial charge in [-0.25, -0.2) is 8.42 Å². The lowest BCUT2D eigenvalue weighted by atomic mass is 10.1. The van der Waals surface area contributed by atoms with Crippen LogP contribution in [0.25, 0.3) is 0 Å². The molecule has 1 atom stereocenters. The summed E-state index contributed by atoms with van der Waals surface area (Å²) in [5, 5.41) is 6.23.